The van der Waals surface area contributed by atoms with Gasteiger partial charge in [-0.1, -0.05) is 6.92 Å². The van der Waals surface area contributed by atoms with Crippen molar-refractivity contribution in [1.29, 1.82) is 0 Å². The SMILES string of the molecule is CCCOc1c(NCCO)cc([C@H]2CC[C@H](c3cc(OC)c(OC)c(OC)c3)O2)cc1OC. The molecule has 0 bridgehead atoms. The van der Waals surface area contributed by atoms with Gasteiger partial charge in [-0.25, -0.2) is 0 Å². The predicted molar refractivity (Wildman–Crippen MR) is 126 cm³/mol. The van der Waals surface area contributed by atoms with Gasteiger partial charge < -0.3 is 38.8 Å². The zero-order valence-electron chi connectivity index (χ0n) is 20.1. The van der Waals surface area contributed by atoms with Crippen LogP contribution >= 0.6 is 0 Å². The molecule has 182 valence electrons. The highest BCUT2D eigenvalue weighted by Crippen LogP contribution is 2.48. The summed E-state index contributed by atoms with van der Waals surface area (Å²) in [6.45, 7) is 3.06. The second kappa shape index (κ2) is 11.9. The molecule has 1 aliphatic rings. The minimum absolute atomic E-state index is 0.0168. The van der Waals surface area contributed by atoms with E-state index in [0.717, 1.165) is 36.1 Å². The molecule has 2 aromatic rings. The average molecular weight is 462 g/mol. The van der Waals surface area contributed by atoms with E-state index in [1.54, 1.807) is 28.4 Å². The molecule has 3 rings (SSSR count). The fourth-order valence-corrected chi connectivity index (χ4v) is 4.05. The van der Waals surface area contributed by atoms with Gasteiger partial charge in [-0.2, -0.15) is 0 Å². The lowest BCUT2D eigenvalue weighted by Crippen LogP contribution is -2.10. The Balaban J connectivity index is 1.88. The first-order valence-corrected chi connectivity index (χ1v) is 11.2. The number of hydrogen-bond acceptors (Lipinski definition) is 8. The number of anilines is 1. The van der Waals surface area contributed by atoms with E-state index in [1.807, 2.05) is 24.3 Å². The predicted octanol–water partition coefficient (Wildman–Crippen LogP) is 4.51. The number of benzene rings is 2. The third kappa shape index (κ3) is 5.57. The molecule has 0 amide bonds. The monoisotopic (exact) mass is 461 g/mol. The van der Waals surface area contributed by atoms with Crippen LogP contribution in [0.1, 0.15) is 49.5 Å². The van der Waals surface area contributed by atoms with Crippen LogP contribution in [0.2, 0.25) is 0 Å². The summed E-state index contributed by atoms with van der Waals surface area (Å²) < 4.78 is 34.5. The highest BCUT2D eigenvalue weighted by molar-refractivity contribution is 5.65. The molecule has 2 aromatic carbocycles. The molecule has 0 unspecified atom stereocenters. The van der Waals surface area contributed by atoms with Crippen molar-refractivity contribution in [2.24, 2.45) is 0 Å². The van der Waals surface area contributed by atoms with E-state index in [2.05, 4.69) is 12.2 Å². The van der Waals surface area contributed by atoms with Crippen LogP contribution in [-0.2, 0) is 4.74 Å². The number of rotatable bonds is 12. The van der Waals surface area contributed by atoms with Crippen molar-refractivity contribution in [1.82, 2.24) is 0 Å². The van der Waals surface area contributed by atoms with E-state index in [-0.39, 0.29) is 18.8 Å². The Morgan fingerprint density at radius 1 is 0.848 bits per heavy atom. The summed E-state index contributed by atoms with van der Waals surface area (Å²) in [4.78, 5) is 0. The zero-order valence-corrected chi connectivity index (χ0v) is 20.1. The van der Waals surface area contributed by atoms with Gasteiger partial charge in [0.25, 0.3) is 0 Å². The van der Waals surface area contributed by atoms with Crippen LogP contribution in [0.3, 0.4) is 0 Å². The molecule has 1 aliphatic heterocycles. The van der Waals surface area contributed by atoms with Crippen LogP contribution < -0.4 is 29.0 Å². The minimum Gasteiger partial charge on any atom is -0.493 e. The van der Waals surface area contributed by atoms with E-state index in [1.165, 1.54) is 0 Å². The van der Waals surface area contributed by atoms with Crippen molar-refractivity contribution in [3.8, 4) is 28.7 Å². The number of ether oxygens (including phenoxy) is 6. The molecule has 0 aliphatic carbocycles. The number of aliphatic hydroxyl groups is 1. The number of hydrogen-bond donors (Lipinski definition) is 2. The molecule has 0 spiro atoms. The summed E-state index contributed by atoms with van der Waals surface area (Å²) in [7, 11) is 6.43. The first kappa shape index (κ1) is 24.8. The third-order valence-electron chi connectivity index (χ3n) is 5.63. The topological polar surface area (TPSA) is 87.6 Å². The molecular formula is C25H35NO7. The second-order valence-corrected chi connectivity index (χ2v) is 7.75. The van der Waals surface area contributed by atoms with Crippen molar-refractivity contribution < 1.29 is 33.5 Å². The van der Waals surface area contributed by atoms with Crippen molar-refractivity contribution in [2.45, 2.75) is 38.4 Å². The molecule has 0 aromatic heterocycles. The van der Waals surface area contributed by atoms with Crippen LogP contribution in [0.15, 0.2) is 24.3 Å². The lowest BCUT2D eigenvalue weighted by atomic mass is 10.0. The van der Waals surface area contributed by atoms with Gasteiger partial charge >= 0.3 is 0 Å². The van der Waals surface area contributed by atoms with Crippen molar-refractivity contribution in [3.05, 3.63) is 35.4 Å². The van der Waals surface area contributed by atoms with E-state index < -0.39 is 0 Å². The lowest BCUT2D eigenvalue weighted by molar-refractivity contribution is 0.0437. The molecule has 0 radical (unpaired) electrons. The smallest absolute Gasteiger partial charge is 0.203 e. The number of methoxy groups -OCH3 is 4. The van der Waals surface area contributed by atoms with Crippen LogP contribution in [0.4, 0.5) is 5.69 Å². The molecule has 8 heteroatoms. The normalized spacial score (nSPS) is 17.5. The summed E-state index contributed by atoms with van der Waals surface area (Å²) in [5.74, 6) is 3.06. The Hall–Kier alpha value is -2.84. The van der Waals surface area contributed by atoms with Crippen LogP contribution in [-0.4, -0.2) is 53.3 Å². The zero-order chi connectivity index (χ0) is 23.8. The van der Waals surface area contributed by atoms with E-state index in [4.69, 9.17) is 28.4 Å². The highest BCUT2D eigenvalue weighted by atomic mass is 16.5. The molecule has 0 saturated carbocycles. The largest absolute Gasteiger partial charge is 0.493 e. The minimum atomic E-state index is -0.113. The maximum absolute atomic E-state index is 9.30. The standard InChI is InChI=1S/C25H35NO7/c1-6-11-32-24-18(26-9-10-27)12-16(13-21(24)28-2)19-7-8-20(33-19)17-14-22(29-3)25(31-5)23(15-17)30-4/h12-15,19-20,26-27H,6-11H2,1-5H3/t19-,20-/m1/s1. The first-order chi connectivity index (χ1) is 16.1. The molecule has 2 N–H and O–H groups in total. The van der Waals surface area contributed by atoms with Gasteiger partial charge in [0, 0.05) is 6.54 Å². The van der Waals surface area contributed by atoms with Crippen molar-refractivity contribution >= 4 is 5.69 Å². The summed E-state index contributed by atoms with van der Waals surface area (Å²) in [5.41, 5.74) is 2.75. The molecular weight excluding hydrogens is 426 g/mol. The van der Waals surface area contributed by atoms with Crippen molar-refractivity contribution in [3.63, 3.8) is 0 Å². The Kier molecular flexibility index (Phi) is 8.91. The number of aliphatic hydroxyl groups excluding tert-OH is 1. The lowest BCUT2D eigenvalue weighted by Gasteiger charge is -2.21. The van der Waals surface area contributed by atoms with Gasteiger partial charge in [-0.3, -0.25) is 0 Å². The maximum atomic E-state index is 9.30. The molecule has 1 heterocycles. The Morgan fingerprint density at radius 2 is 1.39 bits per heavy atom. The van der Waals surface area contributed by atoms with Crippen LogP contribution in [0.5, 0.6) is 28.7 Å². The summed E-state index contributed by atoms with van der Waals surface area (Å²) in [5, 5.41) is 12.5. The van der Waals surface area contributed by atoms with E-state index in [0.29, 0.717) is 41.9 Å². The molecule has 8 nitrogen and oxygen atoms in total. The van der Waals surface area contributed by atoms with Crippen LogP contribution in [0.25, 0.3) is 0 Å². The van der Waals surface area contributed by atoms with E-state index in [9.17, 15) is 5.11 Å². The Morgan fingerprint density at radius 3 is 1.88 bits per heavy atom. The maximum Gasteiger partial charge on any atom is 0.203 e. The number of nitrogens with one attached hydrogen (secondary N) is 1. The van der Waals surface area contributed by atoms with Gasteiger partial charge in [-0.05, 0) is 54.7 Å². The quantitative estimate of drug-likeness (QED) is 0.478. The van der Waals surface area contributed by atoms with Gasteiger partial charge in [-0.15, -0.1) is 0 Å². The summed E-state index contributed by atoms with van der Waals surface area (Å²) in [6.07, 6.45) is 2.35. The van der Waals surface area contributed by atoms with E-state index >= 15 is 0 Å². The molecule has 1 fully saturated rings. The summed E-state index contributed by atoms with van der Waals surface area (Å²) in [6, 6.07) is 7.86. The molecule has 1 saturated heterocycles. The highest BCUT2D eigenvalue weighted by Gasteiger charge is 2.31. The van der Waals surface area contributed by atoms with Crippen LogP contribution in [0, 0.1) is 0 Å². The fourth-order valence-electron chi connectivity index (χ4n) is 4.05. The third-order valence-corrected chi connectivity index (χ3v) is 5.63. The Labute approximate surface area is 195 Å². The Bertz CT molecular complexity index is 893. The fraction of sp³-hybridized carbons (Fsp3) is 0.520. The van der Waals surface area contributed by atoms with Gasteiger partial charge in [0.15, 0.2) is 23.0 Å². The first-order valence-electron chi connectivity index (χ1n) is 11.2. The van der Waals surface area contributed by atoms with Gasteiger partial charge in [0.1, 0.15) is 0 Å². The van der Waals surface area contributed by atoms with Gasteiger partial charge in [0.05, 0.1) is 59.5 Å². The van der Waals surface area contributed by atoms with Gasteiger partial charge in [0.2, 0.25) is 5.75 Å². The summed E-state index contributed by atoms with van der Waals surface area (Å²) >= 11 is 0. The molecule has 33 heavy (non-hydrogen) atoms. The molecule has 2 atom stereocenters. The average Bonchev–Trinajstić information content (AvgIpc) is 3.35. The second-order valence-electron chi connectivity index (χ2n) is 7.75. The van der Waals surface area contributed by atoms with Crippen molar-refractivity contribution in [2.75, 3.05) is 53.5 Å².